The van der Waals surface area contributed by atoms with Crippen molar-refractivity contribution in [2.45, 2.75) is 25.2 Å². The van der Waals surface area contributed by atoms with Crippen LogP contribution in [0.25, 0.3) is 0 Å². The number of ether oxygens (including phenoxy) is 1. The number of urea groups is 1. The number of benzene rings is 1. The van der Waals surface area contributed by atoms with E-state index in [0.29, 0.717) is 0 Å². The molecule has 2 N–H and O–H groups in total. The number of halogens is 3. The zero-order valence-electron chi connectivity index (χ0n) is 10.1. The fourth-order valence-corrected chi connectivity index (χ4v) is 1.92. The van der Waals surface area contributed by atoms with Gasteiger partial charge >= 0.3 is 12.2 Å². The Hall–Kier alpha value is -1.92. The number of rotatable bonds is 2. The van der Waals surface area contributed by atoms with Gasteiger partial charge in [-0.2, -0.15) is 13.2 Å². The van der Waals surface area contributed by atoms with Crippen LogP contribution in [-0.4, -0.2) is 29.6 Å². The average molecular weight is 274 g/mol. The number of carbonyl (C=O) groups is 1. The first-order chi connectivity index (χ1) is 8.79. The molecule has 2 amide bonds. The molecule has 1 fully saturated rings. The summed E-state index contributed by atoms with van der Waals surface area (Å²) >= 11 is 0. The highest BCUT2D eigenvalue weighted by Crippen LogP contribution is 2.32. The number of alkyl halides is 3. The third-order valence-electron chi connectivity index (χ3n) is 3.14. The second kappa shape index (κ2) is 4.64. The maximum atomic E-state index is 12.5. The summed E-state index contributed by atoms with van der Waals surface area (Å²) in [5, 5.41) is 0. The Labute approximate surface area is 107 Å². The Morgan fingerprint density at radius 2 is 2.16 bits per heavy atom. The molecule has 1 heterocycles. The molecule has 0 saturated carbocycles. The topological polar surface area (TPSA) is 55.6 Å². The number of hydrogen-bond acceptors (Lipinski definition) is 2. The fourth-order valence-electron chi connectivity index (χ4n) is 1.92. The summed E-state index contributed by atoms with van der Waals surface area (Å²) in [6.07, 6.45) is -4.74. The van der Waals surface area contributed by atoms with Crippen LogP contribution >= 0.6 is 0 Å². The molecule has 0 aromatic heterocycles. The summed E-state index contributed by atoms with van der Waals surface area (Å²) in [5.74, 6) is 0.135. The van der Waals surface area contributed by atoms with E-state index < -0.39 is 17.8 Å². The van der Waals surface area contributed by atoms with Crippen molar-refractivity contribution in [3.63, 3.8) is 0 Å². The van der Waals surface area contributed by atoms with Crippen LogP contribution in [0, 0.1) is 0 Å². The molecule has 7 heteroatoms. The van der Waals surface area contributed by atoms with Crippen molar-refractivity contribution in [3.8, 4) is 5.75 Å². The monoisotopic (exact) mass is 274 g/mol. The minimum Gasteiger partial charge on any atom is -0.486 e. The number of carbonyl (C=O) groups excluding carboxylic acids is 1. The van der Waals surface area contributed by atoms with Gasteiger partial charge in [-0.3, -0.25) is 0 Å². The Kier molecular flexibility index (Phi) is 3.30. The summed E-state index contributed by atoms with van der Waals surface area (Å²) < 4.78 is 43.0. The van der Waals surface area contributed by atoms with Crippen molar-refractivity contribution in [2.24, 2.45) is 5.73 Å². The number of likely N-dealkylation sites (tertiary alicyclic amines) is 1. The van der Waals surface area contributed by atoms with E-state index in [2.05, 4.69) is 0 Å². The van der Waals surface area contributed by atoms with Crippen LogP contribution in [0.2, 0.25) is 0 Å². The number of hydrogen-bond donors (Lipinski definition) is 1. The Balaban J connectivity index is 2.04. The van der Waals surface area contributed by atoms with E-state index in [0.717, 1.165) is 12.1 Å². The lowest BCUT2D eigenvalue weighted by Gasteiger charge is -2.44. The number of nitrogens with zero attached hydrogens (tertiary/aromatic N) is 1. The van der Waals surface area contributed by atoms with Crippen LogP contribution in [0.1, 0.15) is 12.5 Å². The Morgan fingerprint density at radius 3 is 2.68 bits per heavy atom. The second-order valence-corrected chi connectivity index (χ2v) is 4.41. The van der Waals surface area contributed by atoms with Crippen LogP contribution in [-0.2, 0) is 6.18 Å². The molecule has 4 nitrogen and oxygen atoms in total. The van der Waals surface area contributed by atoms with Crippen molar-refractivity contribution in [3.05, 3.63) is 29.8 Å². The van der Waals surface area contributed by atoms with E-state index in [4.69, 9.17) is 10.5 Å². The lowest BCUT2D eigenvalue weighted by atomic mass is 10.0. The van der Waals surface area contributed by atoms with Gasteiger partial charge in [0.25, 0.3) is 0 Å². The molecule has 104 valence electrons. The first-order valence-corrected chi connectivity index (χ1v) is 5.69. The molecule has 19 heavy (non-hydrogen) atoms. The Bertz CT molecular complexity index is 490. The van der Waals surface area contributed by atoms with Crippen LogP contribution < -0.4 is 10.5 Å². The normalized spacial score (nSPS) is 22.8. The van der Waals surface area contributed by atoms with Gasteiger partial charge in [-0.15, -0.1) is 0 Å². The van der Waals surface area contributed by atoms with Gasteiger partial charge in [-0.25, -0.2) is 4.79 Å². The maximum Gasteiger partial charge on any atom is 0.416 e. The summed E-state index contributed by atoms with van der Waals surface area (Å²) in [6.45, 7) is 2.01. The molecular formula is C12H13F3N2O2. The summed E-state index contributed by atoms with van der Waals surface area (Å²) in [5.41, 5.74) is 4.35. The zero-order valence-corrected chi connectivity index (χ0v) is 10.1. The van der Waals surface area contributed by atoms with E-state index in [1.54, 1.807) is 6.92 Å². The SMILES string of the molecule is C[C@@H]1[C@@H](Oc2cccc(C(F)(F)F)c2)CN1C(N)=O. The molecule has 0 spiro atoms. The van der Waals surface area contributed by atoms with Crippen LogP contribution in [0.15, 0.2) is 24.3 Å². The van der Waals surface area contributed by atoms with Crippen molar-refractivity contribution in [1.82, 2.24) is 4.90 Å². The molecule has 0 unspecified atom stereocenters. The van der Waals surface area contributed by atoms with Gasteiger partial charge in [0.15, 0.2) is 0 Å². The van der Waals surface area contributed by atoms with Gasteiger partial charge in [0.1, 0.15) is 11.9 Å². The van der Waals surface area contributed by atoms with Crippen molar-refractivity contribution in [2.75, 3.05) is 6.54 Å². The Morgan fingerprint density at radius 1 is 1.47 bits per heavy atom. The number of primary amides is 1. The zero-order chi connectivity index (χ0) is 14.2. The van der Waals surface area contributed by atoms with Gasteiger partial charge in [0.2, 0.25) is 0 Å². The predicted octanol–water partition coefficient (Wildman–Crippen LogP) is 2.24. The minimum atomic E-state index is -4.40. The van der Waals surface area contributed by atoms with Crippen LogP contribution in [0.4, 0.5) is 18.0 Å². The number of nitrogens with two attached hydrogens (primary N) is 1. The molecule has 1 aromatic carbocycles. The quantitative estimate of drug-likeness (QED) is 0.899. The van der Waals surface area contributed by atoms with E-state index in [1.807, 2.05) is 0 Å². The van der Waals surface area contributed by atoms with Crippen molar-refractivity contribution >= 4 is 6.03 Å². The highest BCUT2D eigenvalue weighted by molar-refractivity contribution is 5.73. The molecule has 0 aliphatic carbocycles. The standard InChI is InChI=1S/C12H13F3N2O2/c1-7-10(6-17(7)11(16)18)19-9-4-2-3-8(5-9)12(13,14)15/h2-5,7,10H,6H2,1H3,(H2,16,18)/t7-,10+/m1/s1. The third-order valence-corrected chi connectivity index (χ3v) is 3.14. The van der Waals surface area contributed by atoms with E-state index in [9.17, 15) is 18.0 Å². The highest BCUT2D eigenvalue weighted by atomic mass is 19.4. The van der Waals surface area contributed by atoms with Gasteiger partial charge in [0, 0.05) is 0 Å². The molecule has 0 bridgehead atoms. The number of amides is 2. The summed E-state index contributed by atoms with van der Waals surface area (Å²) in [4.78, 5) is 12.3. The fraction of sp³-hybridized carbons (Fsp3) is 0.417. The molecule has 1 aliphatic rings. The van der Waals surface area contributed by atoms with Gasteiger partial charge in [0.05, 0.1) is 18.2 Å². The van der Waals surface area contributed by atoms with Gasteiger partial charge in [-0.05, 0) is 25.1 Å². The molecular weight excluding hydrogens is 261 g/mol. The summed E-state index contributed by atoms with van der Waals surface area (Å²) in [6, 6.07) is 3.86. The summed E-state index contributed by atoms with van der Waals surface area (Å²) in [7, 11) is 0. The smallest absolute Gasteiger partial charge is 0.416 e. The second-order valence-electron chi connectivity index (χ2n) is 4.41. The molecule has 1 aliphatic heterocycles. The van der Waals surface area contributed by atoms with Crippen molar-refractivity contribution < 1.29 is 22.7 Å². The van der Waals surface area contributed by atoms with Crippen LogP contribution in [0.5, 0.6) is 5.75 Å². The van der Waals surface area contributed by atoms with E-state index in [1.165, 1.54) is 17.0 Å². The van der Waals surface area contributed by atoms with E-state index >= 15 is 0 Å². The first kappa shape index (κ1) is 13.5. The lowest BCUT2D eigenvalue weighted by molar-refractivity contribution is -0.137. The van der Waals surface area contributed by atoms with Crippen molar-refractivity contribution in [1.29, 1.82) is 0 Å². The minimum absolute atomic E-state index is 0.135. The molecule has 1 aromatic rings. The molecule has 2 atom stereocenters. The maximum absolute atomic E-state index is 12.5. The van der Waals surface area contributed by atoms with Gasteiger partial charge in [-0.1, -0.05) is 6.07 Å². The molecule has 1 saturated heterocycles. The third kappa shape index (κ3) is 2.74. The predicted molar refractivity (Wildman–Crippen MR) is 61.6 cm³/mol. The largest absolute Gasteiger partial charge is 0.486 e. The van der Waals surface area contributed by atoms with Gasteiger partial charge < -0.3 is 15.4 Å². The molecule has 0 radical (unpaired) electrons. The highest BCUT2D eigenvalue weighted by Gasteiger charge is 2.39. The van der Waals surface area contributed by atoms with Crippen LogP contribution in [0.3, 0.4) is 0 Å². The van der Waals surface area contributed by atoms with E-state index in [-0.39, 0.29) is 24.4 Å². The average Bonchev–Trinajstić information content (AvgIpc) is 2.32. The molecule has 2 rings (SSSR count). The first-order valence-electron chi connectivity index (χ1n) is 5.69. The lowest BCUT2D eigenvalue weighted by Crippen LogP contribution is -2.64.